The molecule has 3 aliphatic rings. The van der Waals surface area contributed by atoms with Crippen LogP contribution in [0, 0.1) is 12.7 Å². The minimum absolute atomic E-state index is 0.0627. The third-order valence-corrected chi connectivity index (χ3v) is 8.45. The van der Waals surface area contributed by atoms with Crippen LogP contribution in [0.4, 0.5) is 4.39 Å². The number of aryl methyl sites for hydroxylation is 1. The van der Waals surface area contributed by atoms with Crippen LogP contribution < -0.4 is 16.6 Å². The number of carbonyl (C=O) groups is 1. The average Bonchev–Trinajstić information content (AvgIpc) is 3.24. The van der Waals surface area contributed by atoms with Gasteiger partial charge in [-0.25, -0.2) is 14.2 Å². The third-order valence-electron chi connectivity index (χ3n) is 8.45. The van der Waals surface area contributed by atoms with Gasteiger partial charge in [-0.05, 0) is 62.8 Å². The molecule has 3 aromatic rings. The number of hydrogen-bond donors (Lipinski definition) is 3. The maximum atomic E-state index is 15.0. The molecule has 0 spiro atoms. The summed E-state index contributed by atoms with van der Waals surface area (Å²) in [7, 11) is 0. The van der Waals surface area contributed by atoms with Crippen LogP contribution >= 0.6 is 0 Å². The number of cyclic esters (lactones) is 1. The number of fused-ring (bicyclic) bond motifs is 5. The zero-order chi connectivity index (χ0) is 26.4. The van der Waals surface area contributed by atoms with Crippen molar-refractivity contribution in [2.75, 3.05) is 6.54 Å². The van der Waals surface area contributed by atoms with Crippen LogP contribution in [0.1, 0.15) is 73.0 Å². The number of ether oxygens (including phenoxy) is 1. The molecule has 4 N–H and O–H groups in total. The Hall–Kier alpha value is -3.14. The highest BCUT2D eigenvalue weighted by Crippen LogP contribution is 2.46. The van der Waals surface area contributed by atoms with E-state index in [1.165, 1.54) is 6.07 Å². The molecular formula is C28H31FN4O4. The van der Waals surface area contributed by atoms with Gasteiger partial charge < -0.3 is 25.5 Å². The first kappa shape index (κ1) is 24.2. The van der Waals surface area contributed by atoms with Crippen molar-refractivity contribution in [3.8, 4) is 11.4 Å². The van der Waals surface area contributed by atoms with E-state index in [1.807, 2.05) is 13.8 Å². The quantitative estimate of drug-likeness (QED) is 0.364. The van der Waals surface area contributed by atoms with E-state index in [9.17, 15) is 19.1 Å². The van der Waals surface area contributed by atoms with Gasteiger partial charge in [-0.1, -0.05) is 6.92 Å². The van der Waals surface area contributed by atoms with Crippen LogP contribution in [0.5, 0.6) is 0 Å². The minimum atomic E-state index is -1.90. The van der Waals surface area contributed by atoms with Crippen LogP contribution in [0.2, 0.25) is 0 Å². The van der Waals surface area contributed by atoms with Crippen LogP contribution in [-0.2, 0) is 34.7 Å². The summed E-state index contributed by atoms with van der Waals surface area (Å²) in [4.78, 5) is 31.1. The summed E-state index contributed by atoms with van der Waals surface area (Å²) in [6.45, 7) is 8.12. The number of benzene rings is 1. The van der Waals surface area contributed by atoms with Crippen molar-refractivity contribution >= 4 is 16.9 Å². The molecule has 1 aromatic carbocycles. The van der Waals surface area contributed by atoms with Gasteiger partial charge in [-0.2, -0.15) is 0 Å². The van der Waals surface area contributed by atoms with E-state index in [0.717, 1.165) is 28.5 Å². The molecule has 0 saturated carbocycles. The van der Waals surface area contributed by atoms with Gasteiger partial charge in [-0.15, -0.1) is 0 Å². The topological polar surface area (TPSA) is 119 Å². The van der Waals surface area contributed by atoms with Crippen molar-refractivity contribution in [2.24, 2.45) is 5.73 Å². The first-order valence-corrected chi connectivity index (χ1v) is 12.8. The molecule has 1 aliphatic carbocycles. The Kier molecular flexibility index (Phi) is 5.19. The zero-order valence-corrected chi connectivity index (χ0v) is 21.5. The second-order valence-electron chi connectivity index (χ2n) is 11.1. The lowest BCUT2D eigenvalue weighted by atomic mass is 9.81. The summed E-state index contributed by atoms with van der Waals surface area (Å²) in [6, 6.07) is 3.10. The lowest BCUT2D eigenvalue weighted by molar-refractivity contribution is -0.172. The highest BCUT2D eigenvalue weighted by atomic mass is 19.1. The van der Waals surface area contributed by atoms with Crippen molar-refractivity contribution in [2.45, 2.75) is 77.3 Å². The standard InChI is InChI=1S/C28H31FN4O4/c1-5-28(36)17-8-21-24-15(10-33(21)25(34)16(17)11-37-26(28)35)23-19(32-27(3,4)12-30)7-6-14-13(2)18(29)9-20(31-24)22(14)23/h8-9,19,32,36H,5-7,10-12,30H2,1-4H3/t19-,28-/m0/s1. The summed E-state index contributed by atoms with van der Waals surface area (Å²) >= 11 is 0. The van der Waals surface area contributed by atoms with Crippen molar-refractivity contribution in [3.05, 3.63) is 61.7 Å². The Morgan fingerprint density at radius 3 is 2.76 bits per heavy atom. The van der Waals surface area contributed by atoms with Crippen LogP contribution in [0.3, 0.4) is 0 Å². The number of carbonyl (C=O) groups excluding carboxylic acids is 1. The number of aliphatic hydroxyl groups is 1. The van der Waals surface area contributed by atoms with Crippen molar-refractivity contribution < 1.29 is 19.0 Å². The van der Waals surface area contributed by atoms with Gasteiger partial charge in [0.2, 0.25) is 0 Å². The van der Waals surface area contributed by atoms with Crippen molar-refractivity contribution in [1.29, 1.82) is 0 Å². The number of rotatable bonds is 4. The van der Waals surface area contributed by atoms with Crippen LogP contribution in [0.25, 0.3) is 22.3 Å². The Labute approximate surface area is 213 Å². The molecule has 6 rings (SSSR count). The molecule has 0 unspecified atom stereocenters. The molecule has 8 nitrogen and oxygen atoms in total. The van der Waals surface area contributed by atoms with Gasteiger partial charge in [0.15, 0.2) is 5.60 Å². The minimum Gasteiger partial charge on any atom is -0.458 e. The number of nitrogens with two attached hydrogens (primary N) is 1. The largest absolute Gasteiger partial charge is 0.458 e. The van der Waals surface area contributed by atoms with Gasteiger partial charge >= 0.3 is 5.97 Å². The smallest absolute Gasteiger partial charge is 0.343 e. The summed E-state index contributed by atoms with van der Waals surface area (Å²) in [5, 5.41) is 15.8. The second-order valence-corrected chi connectivity index (χ2v) is 11.1. The molecule has 2 atom stereocenters. The molecule has 4 heterocycles. The molecule has 0 radical (unpaired) electrons. The maximum absolute atomic E-state index is 15.0. The third kappa shape index (κ3) is 3.27. The van der Waals surface area contributed by atoms with E-state index in [2.05, 4.69) is 5.32 Å². The summed E-state index contributed by atoms with van der Waals surface area (Å²) < 4.78 is 21.8. The Morgan fingerprint density at radius 2 is 2.05 bits per heavy atom. The maximum Gasteiger partial charge on any atom is 0.343 e. The van der Waals surface area contributed by atoms with E-state index < -0.39 is 11.6 Å². The van der Waals surface area contributed by atoms with Crippen molar-refractivity contribution in [1.82, 2.24) is 14.9 Å². The second kappa shape index (κ2) is 7.93. The van der Waals surface area contributed by atoms with Crippen molar-refractivity contribution in [3.63, 3.8) is 0 Å². The van der Waals surface area contributed by atoms with Crippen LogP contribution in [-0.4, -0.2) is 32.7 Å². The fraction of sp³-hybridized carbons (Fsp3) is 0.464. The summed E-state index contributed by atoms with van der Waals surface area (Å²) in [6.07, 6.45) is 1.53. The lowest BCUT2D eigenvalue weighted by Gasteiger charge is -2.36. The number of hydrogen-bond acceptors (Lipinski definition) is 7. The first-order chi connectivity index (χ1) is 17.5. The molecule has 194 valence electrons. The molecule has 0 saturated heterocycles. The van der Waals surface area contributed by atoms with E-state index in [0.29, 0.717) is 42.0 Å². The number of esters is 1. The molecule has 0 bridgehead atoms. The monoisotopic (exact) mass is 506 g/mol. The molecule has 0 amide bonds. The Bertz CT molecular complexity index is 1580. The molecule has 2 aromatic heterocycles. The molecule has 37 heavy (non-hydrogen) atoms. The number of halogens is 1. The Morgan fingerprint density at radius 1 is 1.30 bits per heavy atom. The average molecular weight is 507 g/mol. The normalized spacial score (nSPS) is 22.0. The van der Waals surface area contributed by atoms with Gasteiger partial charge in [0, 0.05) is 40.7 Å². The van der Waals surface area contributed by atoms with Crippen LogP contribution in [0.15, 0.2) is 16.9 Å². The summed E-state index contributed by atoms with van der Waals surface area (Å²) in [5.74, 6) is -1.07. The number of nitrogens with one attached hydrogen (secondary N) is 1. The van der Waals surface area contributed by atoms with Gasteiger partial charge in [-0.3, -0.25) is 4.79 Å². The Balaban J connectivity index is 1.66. The fourth-order valence-electron chi connectivity index (χ4n) is 6.23. The SMILES string of the molecule is CC[C@@]1(O)C(=O)OCc2c1cc1n(c2=O)Cc2c-1nc1cc(F)c(C)c3c1c2[C@@H](NC(C)(C)CN)CC3. The predicted molar refractivity (Wildman–Crippen MR) is 137 cm³/mol. The highest BCUT2D eigenvalue weighted by molar-refractivity contribution is 5.93. The molecule has 9 heteroatoms. The van der Waals surface area contributed by atoms with Gasteiger partial charge in [0.05, 0.1) is 29.0 Å². The van der Waals surface area contributed by atoms with Gasteiger partial charge in [0.1, 0.15) is 12.4 Å². The zero-order valence-electron chi connectivity index (χ0n) is 21.5. The number of aromatic nitrogens is 2. The number of pyridine rings is 2. The number of nitrogens with zero attached hydrogens (tertiary/aromatic N) is 2. The van der Waals surface area contributed by atoms with E-state index in [-0.39, 0.29) is 47.1 Å². The molecule has 0 fully saturated rings. The fourth-order valence-corrected chi connectivity index (χ4v) is 6.23. The molecule has 2 aliphatic heterocycles. The van der Waals surface area contributed by atoms with E-state index >= 15 is 0 Å². The molecular weight excluding hydrogens is 475 g/mol. The predicted octanol–water partition coefficient (Wildman–Crippen LogP) is 2.84. The summed E-state index contributed by atoms with van der Waals surface area (Å²) in [5.41, 5.74) is 9.16. The lowest BCUT2D eigenvalue weighted by Crippen LogP contribution is -2.48. The van der Waals surface area contributed by atoms with Gasteiger partial charge in [0.25, 0.3) is 5.56 Å². The highest BCUT2D eigenvalue weighted by Gasteiger charge is 2.46. The van der Waals surface area contributed by atoms with E-state index in [4.69, 9.17) is 15.5 Å². The van der Waals surface area contributed by atoms with E-state index in [1.54, 1.807) is 24.5 Å². The first-order valence-electron chi connectivity index (χ1n) is 12.8.